The zero-order valence-corrected chi connectivity index (χ0v) is 21.9. The first-order valence-corrected chi connectivity index (χ1v) is 13.8. The third kappa shape index (κ3) is 8.28. The number of nitrogens with one attached hydrogen (secondary N) is 1. The van der Waals surface area contributed by atoms with Crippen LogP contribution in [0.1, 0.15) is 38.7 Å². The highest BCUT2D eigenvalue weighted by Gasteiger charge is 2.28. The standard InChI is InChI=1S/C26H37N3O5S/c1-5-22(26(31)27-3)28(20-18-21-13-8-7-9-14-21)25(30)17-12-19-29(35(4,32)33)23-15-10-11-16-24(23)34-6-2/h7-11,13-16,22H,5-6,12,17-20H2,1-4H3,(H,27,31)/t22-/m1/s1. The van der Waals surface area contributed by atoms with Crippen LogP contribution in [0.4, 0.5) is 5.69 Å². The van der Waals surface area contributed by atoms with E-state index in [2.05, 4.69) is 5.32 Å². The van der Waals surface area contributed by atoms with Crippen LogP contribution >= 0.6 is 0 Å². The second kappa shape index (κ2) is 13.7. The van der Waals surface area contributed by atoms with E-state index in [0.29, 0.717) is 43.9 Å². The van der Waals surface area contributed by atoms with Crippen molar-refractivity contribution >= 4 is 27.5 Å². The number of likely N-dealkylation sites (N-methyl/N-ethyl adjacent to an activating group) is 1. The van der Waals surface area contributed by atoms with E-state index in [9.17, 15) is 18.0 Å². The van der Waals surface area contributed by atoms with Crippen molar-refractivity contribution in [1.29, 1.82) is 0 Å². The maximum Gasteiger partial charge on any atom is 0.242 e. The normalized spacial score (nSPS) is 12.0. The third-order valence-electron chi connectivity index (χ3n) is 5.70. The summed E-state index contributed by atoms with van der Waals surface area (Å²) in [6, 6.07) is 16.2. The Hall–Kier alpha value is -3.07. The number of rotatable bonds is 14. The number of benzene rings is 2. The minimum absolute atomic E-state index is 0.116. The monoisotopic (exact) mass is 503 g/mol. The van der Waals surface area contributed by atoms with Crippen LogP contribution in [0.3, 0.4) is 0 Å². The van der Waals surface area contributed by atoms with Crippen LogP contribution in [-0.2, 0) is 26.0 Å². The minimum Gasteiger partial charge on any atom is -0.492 e. The molecule has 0 spiro atoms. The average Bonchev–Trinajstić information content (AvgIpc) is 2.84. The highest BCUT2D eigenvalue weighted by molar-refractivity contribution is 7.92. The molecule has 0 saturated carbocycles. The third-order valence-corrected chi connectivity index (χ3v) is 6.88. The number of para-hydroxylation sites is 2. The Labute approximate surface area is 209 Å². The first-order chi connectivity index (χ1) is 16.7. The average molecular weight is 504 g/mol. The number of amides is 2. The topological polar surface area (TPSA) is 96.0 Å². The molecular weight excluding hydrogens is 466 g/mol. The minimum atomic E-state index is -3.60. The summed E-state index contributed by atoms with van der Waals surface area (Å²) in [5.41, 5.74) is 1.52. The van der Waals surface area contributed by atoms with E-state index < -0.39 is 16.1 Å². The number of ether oxygens (including phenoxy) is 1. The molecule has 1 N–H and O–H groups in total. The van der Waals surface area contributed by atoms with Gasteiger partial charge in [-0.25, -0.2) is 8.42 Å². The number of nitrogens with zero attached hydrogens (tertiary/aromatic N) is 2. The van der Waals surface area contributed by atoms with Crippen molar-refractivity contribution in [3.05, 3.63) is 60.2 Å². The summed E-state index contributed by atoms with van der Waals surface area (Å²) in [7, 11) is -2.04. The molecule has 0 unspecified atom stereocenters. The largest absolute Gasteiger partial charge is 0.492 e. The lowest BCUT2D eigenvalue weighted by Gasteiger charge is -2.31. The predicted molar refractivity (Wildman–Crippen MR) is 139 cm³/mol. The van der Waals surface area contributed by atoms with E-state index in [1.807, 2.05) is 44.2 Å². The van der Waals surface area contributed by atoms with Crippen molar-refractivity contribution in [2.24, 2.45) is 0 Å². The molecule has 35 heavy (non-hydrogen) atoms. The van der Waals surface area contributed by atoms with Crippen molar-refractivity contribution in [1.82, 2.24) is 10.2 Å². The van der Waals surface area contributed by atoms with Crippen LogP contribution in [0.5, 0.6) is 5.75 Å². The first kappa shape index (κ1) is 28.2. The van der Waals surface area contributed by atoms with E-state index in [1.165, 1.54) is 4.31 Å². The Morgan fingerprint density at radius 3 is 2.26 bits per heavy atom. The molecule has 0 aromatic heterocycles. The van der Waals surface area contributed by atoms with Gasteiger partial charge in [-0.1, -0.05) is 49.4 Å². The van der Waals surface area contributed by atoms with Crippen LogP contribution in [0.2, 0.25) is 0 Å². The number of hydrogen-bond acceptors (Lipinski definition) is 5. The molecular formula is C26H37N3O5S. The second-order valence-corrected chi connectivity index (χ2v) is 10.1. The number of hydrogen-bond donors (Lipinski definition) is 1. The number of carbonyl (C=O) groups is 2. The summed E-state index contributed by atoms with van der Waals surface area (Å²) in [5, 5.41) is 2.65. The number of anilines is 1. The van der Waals surface area contributed by atoms with Crippen LogP contribution < -0.4 is 14.4 Å². The van der Waals surface area contributed by atoms with Gasteiger partial charge in [0, 0.05) is 26.6 Å². The van der Waals surface area contributed by atoms with Gasteiger partial charge in [-0.2, -0.15) is 0 Å². The highest BCUT2D eigenvalue weighted by Crippen LogP contribution is 2.30. The molecule has 9 heteroatoms. The van der Waals surface area contributed by atoms with Crippen molar-refractivity contribution < 1.29 is 22.7 Å². The number of sulfonamides is 1. The molecule has 0 saturated heterocycles. The maximum absolute atomic E-state index is 13.3. The fraction of sp³-hybridized carbons (Fsp3) is 0.462. The van der Waals surface area contributed by atoms with E-state index in [4.69, 9.17) is 4.74 Å². The Morgan fingerprint density at radius 1 is 1.00 bits per heavy atom. The molecule has 2 aromatic carbocycles. The molecule has 192 valence electrons. The van der Waals surface area contributed by atoms with Crippen molar-refractivity contribution in [2.75, 3.05) is 37.3 Å². The number of carbonyl (C=O) groups excluding carboxylic acids is 2. The van der Waals surface area contributed by atoms with Crippen molar-refractivity contribution in [3.63, 3.8) is 0 Å². The first-order valence-electron chi connectivity index (χ1n) is 12.0. The fourth-order valence-corrected chi connectivity index (χ4v) is 4.95. The van der Waals surface area contributed by atoms with Crippen LogP contribution in [-0.4, -0.2) is 64.2 Å². The van der Waals surface area contributed by atoms with E-state index in [-0.39, 0.29) is 24.8 Å². The van der Waals surface area contributed by atoms with Gasteiger partial charge in [0.15, 0.2) is 0 Å². The smallest absolute Gasteiger partial charge is 0.242 e. The lowest BCUT2D eigenvalue weighted by atomic mass is 10.1. The lowest BCUT2D eigenvalue weighted by Crippen LogP contribution is -2.49. The lowest BCUT2D eigenvalue weighted by molar-refractivity contribution is -0.140. The van der Waals surface area contributed by atoms with E-state index in [0.717, 1.165) is 11.8 Å². The zero-order valence-electron chi connectivity index (χ0n) is 21.1. The van der Waals surface area contributed by atoms with Crippen molar-refractivity contribution in [2.45, 2.75) is 45.6 Å². The Balaban J connectivity index is 2.16. The molecule has 0 aliphatic rings. The van der Waals surface area contributed by atoms with Gasteiger partial charge >= 0.3 is 0 Å². The molecule has 0 aliphatic carbocycles. The van der Waals surface area contributed by atoms with Gasteiger partial charge in [-0.05, 0) is 43.9 Å². The summed E-state index contributed by atoms with van der Waals surface area (Å²) < 4.78 is 32.0. The quantitative estimate of drug-likeness (QED) is 0.427. The zero-order chi connectivity index (χ0) is 25.8. The van der Waals surface area contributed by atoms with Crippen LogP contribution in [0, 0.1) is 0 Å². The second-order valence-electron chi connectivity index (χ2n) is 8.20. The molecule has 0 fully saturated rings. The highest BCUT2D eigenvalue weighted by atomic mass is 32.2. The van der Waals surface area contributed by atoms with Crippen molar-refractivity contribution in [3.8, 4) is 5.75 Å². The summed E-state index contributed by atoms with van der Waals surface area (Å²) in [6.45, 7) is 4.64. The van der Waals surface area contributed by atoms with Crippen LogP contribution in [0.25, 0.3) is 0 Å². The summed E-state index contributed by atoms with van der Waals surface area (Å²) in [4.78, 5) is 27.4. The molecule has 2 aromatic rings. The van der Waals surface area contributed by atoms with E-state index in [1.54, 1.807) is 36.2 Å². The summed E-state index contributed by atoms with van der Waals surface area (Å²) in [5.74, 6) is 0.0853. The molecule has 2 amide bonds. The van der Waals surface area contributed by atoms with Gasteiger partial charge in [0.05, 0.1) is 18.6 Å². The summed E-state index contributed by atoms with van der Waals surface area (Å²) >= 11 is 0. The molecule has 0 radical (unpaired) electrons. The van der Waals surface area contributed by atoms with Gasteiger partial charge in [0.25, 0.3) is 0 Å². The van der Waals surface area contributed by atoms with Gasteiger partial charge in [-0.15, -0.1) is 0 Å². The van der Waals surface area contributed by atoms with Gasteiger partial charge in [0.2, 0.25) is 21.8 Å². The molecule has 1 atom stereocenters. The fourth-order valence-electron chi connectivity index (χ4n) is 3.99. The van der Waals surface area contributed by atoms with Gasteiger partial charge in [-0.3, -0.25) is 13.9 Å². The summed E-state index contributed by atoms with van der Waals surface area (Å²) in [6.07, 6.45) is 2.67. The van der Waals surface area contributed by atoms with Gasteiger partial charge < -0.3 is 15.0 Å². The molecule has 0 heterocycles. The maximum atomic E-state index is 13.3. The Bertz CT molecular complexity index is 1060. The molecule has 8 nitrogen and oxygen atoms in total. The predicted octanol–water partition coefficient (Wildman–Crippen LogP) is 3.23. The van der Waals surface area contributed by atoms with Crippen LogP contribution in [0.15, 0.2) is 54.6 Å². The molecule has 2 rings (SSSR count). The SMILES string of the molecule is CCOc1ccccc1N(CCCC(=O)N(CCc1ccccc1)[C@H](CC)C(=O)NC)S(C)(=O)=O. The van der Waals surface area contributed by atoms with Gasteiger partial charge in [0.1, 0.15) is 11.8 Å². The Kier molecular flexibility index (Phi) is 11.0. The molecule has 0 bridgehead atoms. The molecule has 0 aliphatic heterocycles. The van der Waals surface area contributed by atoms with E-state index >= 15 is 0 Å². The Morgan fingerprint density at radius 2 is 1.66 bits per heavy atom.